The number of pyridine rings is 1. The van der Waals surface area contributed by atoms with Crippen molar-refractivity contribution in [1.29, 1.82) is 0 Å². The largest absolute Gasteiger partial charge is 0.390 e. The van der Waals surface area contributed by atoms with Gasteiger partial charge in [0.15, 0.2) is 0 Å². The highest BCUT2D eigenvalue weighted by Crippen LogP contribution is 2.29. The molecule has 2 atom stereocenters. The third-order valence-corrected chi connectivity index (χ3v) is 3.38. The molecule has 1 aliphatic heterocycles. The van der Waals surface area contributed by atoms with E-state index in [4.69, 9.17) is 4.74 Å². The van der Waals surface area contributed by atoms with E-state index in [-0.39, 0.29) is 5.60 Å². The van der Waals surface area contributed by atoms with E-state index in [2.05, 4.69) is 4.98 Å². The maximum Gasteiger partial charge on any atom is 0.0915 e. The maximum atomic E-state index is 10.2. The molecule has 0 bridgehead atoms. The minimum Gasteiger partial charge on any atom is -0.390 e. The summed E-state index contributed by atoms with van der Waals surface area (Å²) in [7, 11) is 0. The molecule has 0 aliphatic carbocycles. The molecular formula is C13H19NO2. The Hall–Kier alpha value is -0.930. The van der Waals surface area contributed by atoms with Crippen LogP contribution >= 0.6 is 0 Å². The van der Waals surface area contributed by atoms with E-state index in [0.717, 1.165) is 31.4 Å². The van der Waals surface area contributed by atoms with E-state index in [9.17, 15) is 5.11 Å². The van der Waals surface area contributed by atoms with Gasteiger partial charge in [-0.15, -0.1) is 0 Å². The Labute approximate surface area is 96.5 Å². The second-order valence-electron chi connectivity index (χ2n) is 4.69. The minimum absolute atomic E-state index is 0.373. The zero-order chi connectivity index (χ0) is 11.4. The number of aromatic nitrogens is 1. The fourth-order valence-electron chi connectivity index (χ4n) is 2.18. The van der Waals surface area contributed by atoms with Gasteiger partial charge in [-0.3, -0.25) is 4.98 Å². The molecule has 0 spiro atoms. The molecule has 0 amide bonds. The predicted octanol–water partition coefficient (Wildman–Crippen LogP) is 1.94. The quantitative estimate of drug-likeness (QED) is 0.848. The third kappa shape index (κ3) is 2.60. The molecule has 1 fully saturated rings. The second kappa shape index (κ2) is 4.93. The number of hydrogen-bond acceptors (Lipinski definition) is 3. The van der Waals surface area contributed by atoms with Crippen LogP contribution in [0.25, 0.3) is 0 Å². The lowest BCUT2D eigenvalue weighted by Gasteiger charge is -2.38. The molecule has 2 unspecified atom stereocenters. The van der Waals surface area contributed by atoms with Gasteiger partial charge in [0.2, 0.25) is 0 Å². The van der Waals surface area contributed by atoms with Gasteiger partial charge in [0.25, 0.3) is 0 Å². The van der Waals surface area contributed by atoms with Crippen LogP contribution in [0.3, 0.4) is 0 Å². The van der Waals surface area contributed by atoms with Crippen LogP contribution in [0.1, 0.15) is 31.7 Å². The van der Waals surface area contributed by atoms with Gasteiger partial charge in [0.1, 0.15) is 0 Å². The standard InChI is InChI=1S/C13H19NO2/c1-13(6-2-3-9-16-13)12(15)10-11-4-7-14-8-5-11/h4-5,7-8,12,15H,2-3,6,9-10H2,1H3. The van der Waals surface area contributed by atoms with Crippen molar-refractivity contribution < 1.29 is 9.84 Å². The van der Waals surface area contributed by atoms with Crippen molar-refractivity contribution in [1.82, 2.24) is 4.98 Å². The van der Waals surface area contributed by atoms with Crippen molar-refractivity contribution in [2.24, 2.45) is 0 Å². The lowest BCUT2D eigenvalue weighted by atomic mass is 9.87. The van der Waals surface area contributed by atoms with Crippen LogP contribution < -0.4 is 0 Å². The molecule has 0 radical (unpaired) electrons. The number of rotatable bonds is 3. The summed E-state index contributed by atoms with van der Waals surface area (Å²) in [5, 5.41) is 10.2. The summed E-state index contributed by atoms with van der Waals surface area (Å²) in [5.41, 5.74) is 0.736. The van der Waals surface area contributed by atoms with Crippen LogP contribution in [0, 0.1) is 0 Å². The van der Waals surface area contributed by atoms with Crippen LogP contribution in [-0.4, -0.2) is 28.4 Å². The Morgan fingerprint density at radius 3 is 2.81 bits per heavy atom. The Bertz CT molecular complexity index is 320. The average Bonchev–Trinajstić information content (AvgIpc) is 2.31. The lowest BCUT2D eigenvalue weighted by molar-refractivity contribution is -0.135. The second-order valence-corrected chi connectivity index (χ2v) is 4.69. The summed E-state index contributed by atoms with van der Waals surface area (Å²) >= 11 is 0. The van der Waals surface area contributed by atoms with E-state index in [1.54, 1.807) is 12.4 Å². The number of nitrogens with zero attached hydrogens (tertiary/aromatic N) is 1. The fraction of sp³-hybridized carbons (Fsp3) is 0.615. The normalized spacial score (nSPS) is 27.6. The van der Waals surface area contributed by atoms with Gasteiger partial charge in [0, 0.05) is 25.4 Å². The van der Waals surface area contributed by atoms with Gasteiger partial charge in [0.05, 0.1) is 11.7 Å². The monoisotopic (exact) mass is 221 g/mol. The highest BCUT2D eigenvalue weighted by atomic mass is 16.5. The zero-order valence-corrected chi connectivity index (χ0v) is 9.72. The highest BCUT2D eigenvalue weighted by Gasteiger charge is 2.35. The van der Waals surface area contributed by atoms with Crippen LogP contribution in [0.5, 0.6) is 0 Å². The maximum absolute atomic E-state index is 10.2. The van der Waals surface area contributed by atoms with E-state index in [1.807, 2.05) is 19.1 Å². The Morgan fingerprint density at radius 1 is 1.44 bits per heavy atom. The van der Waals surface area contributed by atoms with E-state index < -0.39 is 6.10 Å². The van der Waals surface area contributed by atoms with Gasteiger partial charge >= 0.3 is 0 Å². The zero-order valence-electron chi connectivity index (χ0n) is 9.72. The molecule has 2 rings (SSSR count). The average molecular weight is 221 g/mol. The van der Waals surface area contributed by atoms with Crippen molar-refractivity contribution in [3.05, 3.63) is 30.1 Å². The van der Waals surface area contributed by atoms with Crippen LogP contribution in [0.2, 0.25) is 0 Å². The van der Waals surface area contributed by atoms with Crippen molar-refractivity contribution in [3.8, 4) is 0 Å². The first-order valence-electron chi connectivity index (χ1n) is 5.92. The Kier molecular flexibility index (Phi) is 3.56. The number of ether oxygens (including phenoxy) is 1. The molecule has 0 saturated carbocycles. The Morgan fingerprint density at radius 2 is 2.19 bits per heavy atom. The van der Waals surface area contributed by atoms with Gasteiger partial charge in [-0.2, -0.15) is 0 Å². The molecule has 16 heavy (non-hydrogen) atoms. The van der Waals surface area contributed by atoms with Crippen molar-refractivity contribution >= 4 is 0 Å². The van der Waals surface area contributed by atoms with Gasteiger partial charge in [-0.1, -0.05) is 0 Å². The molecule has 1 aliphatic rings. The summed E-state index contributed by atoms with van der Waals surface area (Å²) in [4.78, 5) is 3.97. The van der Waals surface area contributed by atoms with Gasteiger partial charge in [-0.25, -0.2) is 0 Å². The molecule has 2 heterocycles. The van der Waals surface area contributed by atoms with E-state index in [1.165, 1.54) is 0 Å². The van der Waals surface area contributed by atoms with E-state index >= 15 is 0 Å². The summed E-state index contributed by atoms with van der Waals surface area (Å²) < 4.78 is 5.73. The smallest absolute Gasteiger partial charge is 0.0915 e. The molecule has 1 aromatic rings. The predicted molar refractivity (Wildman–Crippen MR) is 62.2 cm³/mol. The van der Waals surface area contributed by atoms with E-state index in [0.29, 0.717) is 6.42 Å². The first-order valence-corrected chi connectivity index (χ1v) is 5.92. The summed E-state index contributed by atoms with van der Waals surface area (Å²) in [6, 6.07) is 3.88. The van der Waals surface area contributed by atoms with Crippen LogP contribution in [0.15, 0.2) is 24.5 Å². The summed E-state index contributed by atoms with van der Waals surface area (Å²) in [6.07, 6.45) is 6.91. The minimum atomic E-state index is -0.435. The molecule has 1 aromatic heterocycles. The van der Waals surface area contributed by atoms with Crippen LogP contribution in [0.4, 0.5) is 0 Å². The van der Waals surface area contributed by atoms with Crippen molar-refractivity contribution in [3.63, 3.8) is 0 Å². The number of aliphatic hydroxyl groups is 1. The van der Waals surface area contributed by atoms with Crippen LogP contribution in [-0.2, 0) is 11.2 Å². The number of aliphatic hydroxyl groups excluding tert-OH is 1. The Balaban J connectivity index is 1.99. The molecule has 1 N–H and O–H groups in total. The molecular weight excluding hydrogens is 202 g/mol. The SMILES string of the molecule is CC1(C(O)Cc2ccncc2)CCCCO1. The highest BCUT2D eigenvalue weighted by molar-refractivity contribution is 5.12. The topological polar surface area (TPSA) is 42.4 Å². The summed E-state index contributed by atoms with van der Waals surface area (Å²) in [6.45, 7) is 2.78. The number of hydrogen-bond donors (Lipinski definition) is 1. The molecule has 0 aromatic carbocycles. The molecule has 3 nitrogen and oxygen atoms in total. The van der Waals surface area contributed by atoms with Gasteiger partial charge in [-0.05, 0) is 43.9 Å². The third-order valence-electron chi connectivity index (χ3n) is 3.38. The fourth-order valence-corrected chi connectivity index (χ4v) is 2.18. The molecule has 3 heteroatoms. The molecule has 1 saturated heterocycles. The van der Waals surface area contributed by atoms with Gasteiger partial charge < -0.3 is 9.84 Å². The first kappa shape index (κ1) is 11.6. The summed E-state index contributed by atoms with van der Waals surface area (Å²) in [5.74, 6) is 0. The molecule has 88 valence electrons. The van der Waals surface area contributed by atoms with Crippen molar-refractivity contribution in [2.45, 2.75) is 44.3 Å². The van der Waals surface area contributed by atoms with Crippen molar-refractivity contribution in [2.75, 3.05) is 6.61 Å². The first-order chi connectivity index (χ1) is 7.71. The lowest BCUT2D eigenvalue weighted by Crippen LogP contribution is -2.45.